The first-order valence-electron chi connectivity index (χ1n) is 5.37. The van der Waals surface area contributed by atoms with Crippen LogP contribution in [0.4, 0.5) is 13.2 Å². The van der Waals surface area contributed by atoms with Gasteiger partial charge in [-0.25, -0.2) is 0 Å². The number of ether oxygens (including phenoxy) is 1. The molecule has 2 N–H and O–H groups in total. The fourth-order valence-electron chi connectivity index (χ4n) is 1.52. The number of hydrogen-bond donors (Lipinski definition) is 1. The van der Waals surface area contributed by atoms with Crippen LogP contribution in [0.25, 0.3) is 5.69 Å². The van der Waals surface area contributed by atoms with Crippen molar-refractivity contribution in [1.82, 2.24) is 20.2 Å². The fraction of sp³-hybridized carbons (Fsp3) is 0.300. The van der Waals surface area contributed by atoms with E-state index in [0.717, 1.165) is 4.68 Å². The van der Waals surface area contributed by atoms with Crippen LogP contribution in [0.5, 0.6) is 5.75 Å². The van der Waals surface area contributed by atoms with Gasteiger partial charge >= 0.3 is 6.36 Å². The van der Waals surface area contributed by atoms with Crippen LogP contribution in [0.1, 0.15) is 18.8 Å². The Balaban J connectivity index is 2.53. The molecular formula is C10H9BrF3N5O. The molecule has 10 heteroatoms. The van der Waals surface area contributed by atoms with E-state index in [0.29, 0.717) is 4.47 Å². The molecule has 0 saturated carbocycles. The first-order chi connectivity index (χ1) is 9.28. The summed E-state index contributed by atoms with van der Waals surface area (Å²) in [5.74, 6) is -0.208. The third-order valence-electron chi connectivity index (χ3n) is 2.28. The molecule has 0 aliphatic carbocycles. The molecule has 0 radical (unpaired) electrons. The first-order valence-corrected chi connectivity index (χ1v) is 6.17. The minimum atomic E-state index is -4.82. The molecule has 1 unspecified atom stereocenters. The number of halogens is 4. The molecule has 0 amide bonds. The Morgan fingerprint density at radius 3 is 2.70 bits per heavy atom. The zero-order valence-electron chi connectivity index (χ0n) is 10.1. The average molecular weight is 352 g/mol. The van der Waals surface area contributed by atoms with Gasteiger partial charge in [0.15, 0.2) is 11.6 Å². The molecule has 20 heavy (non-hydrogen) atoms. The van der Waals surface area contributed by atoms with Crippen molar-refractivity contribution in [3.63, 3.8) is 0 Å². The monoisotopic (exact) mass is 351 g/mol. The highest BCUT2D eigenvalue weighted by atomic mass is 79.9. The number of tetrazole rings is 1. The van der Waals surface area contributed by atoms with Gasteiger partial charge in [-0.1, -0.05) is 15.9 Å². The van der Waals surface area contributed by atoms with Gasteiger partial charge in [0.1, 0.15) is 5.69 Å². The number of aromatic nitrogens is 4. The highest BCUT2D eigenvalue weighted by Crippen LogP contribution is 2.32. The van der Waals surface area contributed by atoms with E-state index in [4.69, 9.17) is 5.73 Å². The summed E-state index contributed by atoms with van der Waals surface area (Å²) in [5, 5.41) is 10.7. The summed E-state index contributed by atoms with van der Waals surface area (Å²) in [6, 6.07) is 3.57. The number of nitrogens with zero attached hydrogens (tertiary/aromatic N) is 4. The molecule has 0 saturated heterocycles. The molecule has 1 aromatic carbocycles. The van der Waals surface area contributed by atoms with E-state index in [1.54, 1.807) is 13.0 Å². The third kappa shape index (κ3) is 3.25. The van der Waals surface area contributed by atoms with E-state index >= 15 is 0 Å². The lowest BCUT2D eigenvalue weighted by molar-refractivity contribution is -0.274. The number of hydrogen-bond acceptors (Lipinski definition) is 5. The summed E-state index contributed by atoms with van der Waals surface area (Å²) in [7, 11) is 0. The van der Waals surface area contributed by atoms with Crippen LogP contribution >= 0.6 is 15.9 Å². The zero-order chi connectivity index (χ0) is 14.9. The van der Waals surface area contributed by atoms with Gasteiger partial charge < -0.3 is 10.5 Å². The molecular weight excluding hydrogens is 343 g/mol. The highest BCUT2D eigenvalue weighted by molar-refractivity contribution is 9.10. The molecule has 0 aliphatic heterocycles. The van der Waals surface area contributed by atoms with E-state index in [1.807, 2.05) is 0 Å². The Bertz CT molecular complexity index is 613. The van der Waals surface area contributed by atoms with Gasteiger partial charge in [0.2, 0.25) is 0 Å². The first kappa shape index (κ1) is 14.7. The molecule has 0 spiro atoms. The third-order valence-corrected chi connectivity index (χ3v) is 2.77. The molecule has 0 bridgehead atoms. The van der Waals surface area contributed by atoms with Crippen molar-refractivity contribution in [1.29, 1.82) is 0 Å². The molecule has 2 rings (SSSR count). The quantitative estimate of drug-likeness (QED) is 0.918. The minimum Gasteiger partial charge on any atom is -0.403 e. The van der Waals surface area contributed by atoms with Crippen molar-refractivity contribution >= 4 is 15.9 Å². The summed E-state index contributed by atoms with van der Waals surface area (Å²) in [6.07, 6.45) is -4.82. The van der Waals surface area contributed by atoms with Crippen molar-refractivity contribution < 1.29 is 17.9 Å². The number of benzene rings is 1. The lowest BCUT2D eigenvalue weighted by atomic mass is 10.2. The maximum Gasteiger partial charge on any atom is 0.573 e. The van der Waals surface area contributed by atoms with E-state index in [-0.39, 0.29) is 11.5 Å². The number of nitrogens with two attached hydrogens (primary N) is 1. The van der Waals surface area contributed by atoms with Gasteiger partial charge in [-0.3, -0.25) is 0 Å². The van der Waals surface area contributed by atoms with Gasteiger partial charge in [-0.15, -0.1) is 18.3 Å². The van der Waals surface area contributed by atoms with Crippen LogP contribution in [-0.2, 0) is 0 Å². The predicted octanol–water partition coefficient (Wildman–Crippen LogP) is 2.34. The summed E-state index contributed by atoms with van der Waals surface area (Å²) in [6.45, 7) is 1.62. The topological polar surface area (TPSA) is 78.9 Å². The van der Waals surface area contributed by atoms with Gasteiger partial charge in [-0.05, 0) is 35.5 Å². The maximum absolute atomic E-state index is 12.4. The van der Waals surface area contributed by atoms with Crippen LogP contribution in [0.2, 0.25) is 0 Å². The standard InChI is InChI=1S/C10H9BrF3N5O/c1-5(15)9-16-17-18-19(9)7-3-2-6(11)4-8(7)20-10(12,13)14/h2-5H,15H2,1H3. The van der Waals surface area contributed by atoms with Gasteiger partial charge in [0.25, 0.3) is 0 Å². The Labute approximate surface area is 119 Å². The van der Waals surface area contributed by atoms with Crippen LogP contribution < -0.4 is 10.5 Å². The van der Waals surface area contributed by atoms with Gasteiger partial charge in [0.05, 0.1) is 6.04 Å². The van der Waals surface area contributed by atoms with Crippen molar-refractivity contribution in [3.8, 4) is 11.4 Å². The minimum absolute atomic E-state index is 0.0443. The number of alkyl halides is 3. The molecule has 0 aliphatic rings. The van der Waals surface area contributed by atoms with E-state index in [9.17, 15) is 13.2 Å². The molecule has 6 nitrogen and oxygen atoms in total. The highest BCUT2D eigenvalue weighted by Gasteiger charge is 2.33. The Morgan fingerprint density at radius 2 is 2.10 bits per heavy atom. The van der Waals surface area contributed by atoms with E-state index in [2.05, 4.69) is 36.2 Å². The summed E-state index contributed by atoms with van der Waals surface area (Å²) < 4.78 is 42.8. The summed E-state index contributed by atoms with van der Waals surface area (Å²) in [4.78, 5) is 0. The smallest absolute Gasteiger partial charge is 0.403 e. The van der Waals surface area contributed by atoms with Crippen LogP contribution in [0, 0.1) is 0 Å². The van der Waals surface area contributed by atoms with Crippen molar-refractivity contribution in [3.05, 3.63) is 28.5 Å². The summed E-state index contributed by atoms with van der Waals surface area (Å²) >= 11 is 3.08. The Hall–Kier alpha value is -1.68. The molecule has 2 aromatic rings. The normalized spacial score (nSPS) is 13.3. The molecule has 1 aromatic heterocycles. The molecule has 108 valence electrons. The second kappa shape index (κ2) is 5.37. The van der Waals surface area contributed by atoms with Crippen LogP contribution in [-0.4, -0.2) is 26.6 Å². The second-order valence-electron chi connectivity index (χ2n) is 3.90. The molecule has 1 heterocycles. The van der Waals surface area contributed by atoms with E-state index in [1.165, 1.54) is 12.1 Å². The van der Waals surface area contributed by atoms with Gasteiger partial charge in [0, 0.05) is 4.47 Å². The lowest BCUT2D eigenvalue weighted by Gasteiger charge is -2.14. The summed E-state index contributed by atoms with van der Waals surface area (Å²) in [5.41, 5.74) is 5.71. The lowest BCUT2D eigenvalue weighted by Crippen LogP contribution is -2.20. The van der Waals surface area contributed by atoms with Crippen LogP contribution in [0.15, 0.2) is 22.7 Å². The van der Waals surface area contributed by atoms with Crippen molar-refractivity contribution in [2.75, 3.05) is 0 Å². The molecule has 1 atom stereocenters. The van der Waals surface area contributed by atoms with Crippen LogP contribution in [0.3, 0.4) is 0 Å². The molecule has 0 fully saturated rings. The van der Waals surface area contributed by atoms with Gasteiger partial charge in [-0.2, -0.15) is 4.68 Å². The average Bonchev–Trinajstić information content (AvgIpc) is 2.75. The van der Waals surface area contributed by atoms with E-state index < -0.39 is 18.2 Å². The number of rotatable bonds is 3. The Morgan fingerprint density at radius 1 is 1.40 bits per heavy atom. The van der Waals surface area contributed by atoms with Crippen molar-refractivity contribution in [2.24, 2.45) is 5.73 Å². The predicted molar refractivity (Wildman–Crippen MR) is 66.1 cm³/mol. The Kier molecular flexibility index (Phi) is 3.95. The largest absolute Gasteiger partial charge is 0.573 e. The second-order valence-corrected chi connectivity index (χ2v) is 4.81. The zero-order valence-corrected chi connectivity index (χ0v) is 11.7. The SMILES string of the molecule is CC(N)c1nnnn1-c1ccc(Br)cc1OC(F)(F)F. The van der Waals surface area contributed by atoms with Crippen molar-refractivity contribution in [2.45, 2.75) is 19.3 Å². The maximum atomic E-state index is 12.4. The fourth-order valence-corrected chi connectivity index (χ4v) is 1.86.